The fourth-order valence-corrected chi connectivity index (χ4v) is 6.23. The lowest BCUT2D eigenvalue weighted by Gasteiger charge is -2.27. The summed E-state index contributed by atoms with van der Waals surface area (Å²) in [5, 5.41) is 2.27. The van der Waals surface area contributed by atoms with Crippen LogP contribution in [0.2, 0.25) is 0 Å². The van der Waals surface area contributed by atoms with E-state index in [2.05, 4.69) is 5.32 Å². The SMILES string of the molecule is CC(C)(CCNC(=O)C(C)(C)S(=O)(=O)c1cccc(C(F)(F)F)c1)S(=O)(=O)c1cccc(C(F)(F)F)c1. The fourth-order valence-electron chi connectivity index (χ4n) is 3.24. The van der Waals surface area contributed by atoms with E-state index in [-0.39, 0.29) is 13.0 Å². The molecule has 0 radical (unpaired) electrons. The molecule has 0 aromatic heterocycles. The molecule has 0 spiro atoms. The smallest absolute Gasteiger partial charge is 0.355 e. The maximum atomic E-state index is 13.0. The minimum atomic E-state index is -4.81. The lowest BCUT2D eigenvalue weighted by molar-refractivity contribution is -0.138. The lowest BCUT2D eigenvalue weighted by atomic mass is 10.1. The van der Waals surface area contributed by atoms with Gasteiger partial charge in [-0.15, -0.1) is 0 Å². The van der Waals surface area contributed by atoms with Crippen LogP contribution in [0.5, 0.6) is 0 Å². The third kappa shape index (κ3) is 6.28. The molecule has 2 aromatic carbocycles. The van der Waals surface area contributed by atoms with Gasteiger partial charge in [-0.1, -0.05) is 12.1 Å². The van der Waals surface area contributed by atoms with Crippen LogP contribution in [-0.2, 0) is 36.8 Å². The highest BCUT2D eigenvalue weighted by Crippen LogP contribution is 2.35. The van der Waals surface area contributed by atoms with E-state index in [9.17, 15) is 48.0 Å². The average Bonchev–Trinajstić information content (AvgIpc) is 2.77. The molecule has 0 fully saturated rings. The Kier molecular flexibility index (Phi) is 8.22. The molecule has 0 heterocycles. The molecule has 0 aliphatic heterocycles. The molecule has 37 heavy (non-hydrogen) atoms. The number of amides is 1. The predicted molar refractivity (Wildman–Crippen MR) is 123 cm³/mol. The van der Waals surface area contributed by atoms with E-state index in [4.69, 9.17) is 0 Å². The highest BCUT2D eigenvalue weighted by atomic mass is 32.2. The second-order valence-corrected chi connectivity index (χ2v) is 14.4. The monoisotopic (exact) mass is 573 g/mol. The number of sulfone groups is 2. The fraction of sp³-hybridized carbons (Fsp3) is 0.435. The molecule has 0 aliphatic carbocycles. The number of rotatable bonds is 8. The number of alkyl halides is 6. The van der Waals surface area contributed by atoms with Crippen LogP contribution in [0.4, 0.5) is 26.3 Å². The molecule has 0 saturated carbocycles. The maximum Gasteiger partial charge on any atom is 0.416 e. The normalized spacial score (nSPS) is 13.9. The lowest BCUT2D eigenvalue weighted by Crippen LogP contribution is -2.49. The number of halogens is 6. The number of carbonyl (C=O) groups excluding carboxylic acids is 1. The van der Waals surface area contributed by atoms with E-state index in [0.29, 0.717) is 18.2 Å². The highest BCUT2D eigenvalue weighted by molar-refractivity contribution is 7.93. The Bertz CT molecular complexity index is 1380. The Morgan fingerprint density at radius 1 is 0.730 bits per heavy atom. The van der Waals surface area contributed by atoms with Gasteiger partial charge in [0.25, 0.3) is 0 Å². The molecule has 0 unspecified atom stereocenters. The zero-order valence-corrected chi connectivity index (χ0v) is 21.8. The van der Waals surface area contributed by atoms with Gasteiger partial charge in [-0.05, 0) is 70.5 Å². The first-order valence-electron chi connectivity index (χ1n) is 10.7. The molecule has 0 atom stereocenters. The van der Waals surface area contributed by atoms with Crippen LogP contribution in [0.1, 0.15) is 45.2 Å². The van der Waals surface area contributed by atoms with Crippen LogP contribution in [0.25, 0.3) is 0 Å². The molecule has 6 nitrogen and oxygen atoms in total. The molecule has 0 aliphatic rings. The van der Waals surface area contributed by atoms with Gasteiger partial charge in [0.2, 0.25) is 5.91 Å². The molecular weight excluding hydrogens is 548 g/mol. The average molecular weight is 574 g/mol. The zero-order chi connectivity index (χ0) is 28.7. The Balaban J connectivity index is 2.21. The summed E-state index contributed by atoms with van der Waals surface area (Å²) in [6.45, 7) is 4.06. The van der Waals surface area contributed by atoms with Gasteiger partial charge < -0.3 is 5.32 Å². The number of benzene rings is 2. The first-order chi connectivity index (χ1) is 16.5. The van der Waals surface area contributed by atoms with Crippen LogP contribution >= 0.6 is 0 Å². The third-order valence-corrected chi connectivity index (χ3v) is 10.8. The van der Waals surface area contributed by atoms with E-state index < -0.39 is 68.3 Å². The van der Waals surface area contributed by atoms with Crippen LogP contribution in [0.3, 0.4) is 0 Å². The van der Waals surface area contributed by atoms with Gasteiger partial charge in [-0.25, -0.2) is 16.8 Å². The molecule has 1 N–H and O–H groups in total. The van der Waals surface area contributed by atoms with Crippen molar-refractivity contribution in [3.63, 3.8) is 0 Å². The van der Waals surface area contributed by atoms with Crippen LogP contribution in [0.15, 0.2) is 58.3 Å². The highest BCUT2D eigenvalue weighted by Gasteiger charge is 2.44. The summed E-state index contributed by atoms with van der Waals surface area (Å²) in [7, 11) is -8.93. The second kappa shape index (κ2) is 9.93. The standard InChI is InChI=1S/C23H25F6NO5S2/c1-20(2,36(32,33)17-9-5-7-15(13-17)22(24,25)26)11-12-30-19(31)21(3,4)37(34,35)18-10-6-8-16(14-18)23(27,28)29/h5-10,13-14H,11-12H2,1-4H3,(H,30,31). The third-order valence-electron chi connectivity index (χ3n) is 5.90. The van der Waals surface area contributed by atoms with Gasteiger partial charge in [0.15, 0.2) is 19.7 Å². The first-order valence-corrected chi connectivity index (χ1v) is 13.6. The minimum Gasteiger partial charge on any atom is -0.355 e. The Labute approximate surface area is 210 Å². The van der Waals surface area contributed by atoms with Crippen molar-refractivity contribution in [3.8, 4) is 0 Å². The van der Waals surface area contributed by atoms with Crippen LogP contribution in [0, 0.1) is 0 Å². The maximum absolute atomic E-state index is 13.0. The van der Waals surface area contributed by atoms with Crippen LogP contribution in [-0.4, -0.2) is 38.8 Å². The molecular formula is C23H25F6NO5S2. The molecule has 2 rings (SSSR count). The van der Waals surface area contributed by atoms with Gasteiger partial charge in [0.1, 0.15) is 4.75 Å². The van der Waals surface area contributed by atoms with Gasteiger partial charge in [0, 0.05) is 6.54 Å². The molecule has 2 aromatic rings. The van der Waals surface area contributed by atoms with E-state index in [1.54, 1.807) is 0 Å². The number of hydrogen-bond acceptors (Lipinski definition) is 5. The molecule has 206 valence electrons. The minimum absolute atomic E-state index is 0.309. The molecule has 14 heteroatoms. The molecule has 0 bridgehead atoms. The van der Waals surface area contributed by atoms with Crippen molar-refractivity contribution in [3.05, 3.63) is 59.7 Å². The van der Waals surface area contributed by atoms with Crippen LogP contribution < -0.4 is 5.32 Å². The zero-order valence-electron chi connectivity index (χ0n) is 20.2. The van der Waals surface area contributed by atoms with Gasteiger partial charge in [-0.3, -0.25) is 4.79 Å². The summed E-state index contributed by atoms with van der Waals surface area (Å²) in [6.07, 6.45) is -9.88. The summed E-state index contributed by atoms with van der Waals surface area (Å²) >= 11 is 0. The summed E-state index contributed by atoms with van der Waals surface area (Å²) < 4.78 is 126. The molecule has 0 saturated heterocycles. The quantitative estimate of drug-likeness (QED) is 0.447. The van der Waals surface area contributed by atoms with Gasteiger partial charge >= 0.3 is 12.4 Å². The number of hydrogen-bond donors (Lipinski definition) is 1. The van der Waals surface area contributed by atoms with Crippen molar-refractivity contribution in [2.45, 2.75) is 65.8 Å². The van der Waals surface area contributed by atoms with Crippen molar-refractivity contribution in [2.24, 2.45) is 0 Å². The second-order valence-electron chi connectivity index (χ2n) is 9.33. The Morgan fingerprint density at radius 3 is 1.54 bits per heavy atom. The summed E-state index contributed by atoms with van der Waals surface area (Å²) in [5.41, 5.74) is -2.37. The molecule has 1 amide bonds. The number of nitrogens with one attached hydrogen (secondary N) is 1. The van der Waals surface area contributed by atoms with Crippen molar-refractivity contribution in [1.29, 1.82) is 0 Å². The number of carbonyl (C=O) groups is 1. The van der Waals surface area contributed by atoms with Crippen molar-refractivity contribution in [1.82, 2.24) is 5.32 Å². The van der Waals surface area contributed by atoms with E-state index in [1.807, 2.05) is 0 Å². The van der Waals surface area contributed by atoms with Crippen molar-refractivity contribution in [2.75, 3.05) is 6.54 Å². The van der Waals surface area contributed by atoms with Gasteiger partial charge in [-0.2, -0.15) is 26.3 Å². The van der Waals surface area contributed by atoms with E-state index in [0.717, 1.165) is 44.2 Å². The van der Waals surface area contributed by atoms with Gasteiger partial charge in [0.05, 0.1) is 25.7 Å². The summed E-state index contributed by atoms with van der Waals surface area (Å²) in [6, 6.07) is 6.09. The van der Waals surface area contributed by atoms with Crippen molar-refractivity contribution >= 4 is 25.6 Å². The Hall–Kier alpha value is -2.61. The summed E-state index contributed by atoms with van der Waals surface area (Å²) in [4.78, 5) is 11.4. The topological polar surface area (TPSA) is 97.4 Å². The van der Waals surface area contributed by atoms with E-state index >= 15 is 0 Å². The summed E-state index contributed by atoms with van der Waals surface area (Å²) in [5.74, 6) is -1.10. The Morgan fingerprint density at radius 2 is 1.14 bits per heavy atom. The first kappa shape index (κ1) is 30.6. The predicted octanol–water partition coefficient (Wildman–Crippen LogP) is 5.04. The largest absolute Gasteiger partial charge is 0.416 e. The van der Waals surface area contributed by atoms with Crippen molar-refractivity contribution < 1.29 is 48.0 Å². The van der Waals surface area contributed by atoms with E-state index in [1.165, 1.54) is 13.8 Å².